The van der Waals surface area contributed by atoms with Gasteiger partial charge in [0.25, 0.3) is 17.5 Å². The molecule has 5 rings (SSSR count). The van der Waals surface area contributed by atoms with E-state index in [1.54, 1.807) is 54.6 Å². The van der Waals surface area contributed by atoms with Crippen molar-refractivity contribution in [2.24, 2.45) is 0 Å². The van der Waals surface area contributed by atoms with Crippen molar-refractivity contribution in [1.82, 2.24) is 0 Å². The molecule has 0 atom stereocenters. The number of fused-ring (bicyclic) bond motifs is 1. The first kappa shape index (κ1) is 24.2. The van der Waals surface area contributed by atoms with Gasteiger partial charge in [0.1, 0.15) is 0 Å². The molecule has 8 nitrogen and oxygen atoms in total. The molecule has 1 heterocycles. The molecule has 0 N–H and O–H groups in total. The quantitative estimate of drug-likeness (QED) is 0.108. The first-order chi connectivity index (χ1) is 18.3. The van der Waals surface area contributed by atoms with Crippen LogP contribution in [-0.4, -0.2) is 28.3 Å². The van der Waals surface area contributed by atoms with E-state index in [4.69, 9.17) is 0 Å². The van der Waals surface area contributed by atoms with E-state index in [-0.39, 0.29) is 33.7 Å². The summed E-state index contributed by atoms with van der Waals surface area (Å²) in [7, 11) is 0. The van der Waals surface area contributed by atoms with E-state index in [0.717, 1.165) is 11.0 Å². The molecule has 0 aliphatic carbocycles. The standard InChI is InChI=1S/C30H18N2O6/c33-27(20-7-2-1-3-8-20)15-12-19-6-4-10-23(16-19)31-29(35)25-14-13-22(18-26(25)30(31)36)28(34)21-9-5-11-24(17-21)32(37)38/h1-18H/b15-12+. The highest BCUT2D eigenvalue weighted by molar-refractivity contribution is 6.35. The summed E-state index contributed by atoms with van der Waals surface area (Å²) in [6.45, 7) is 0. The number of allylic oxidation sites excluding steroid dienone is 1. The molecule has 1 aliphatic rings. The average Bonchev–Trinajstić information content (AvgIpc) is 3.20. The molecule has 0 fully saturated rings. The highest BCUT2D eigenvalue weighted by atomic mass is 16.6. The van der Waals surface area contributed by atoms with Crippen molar-refractivity contribution >= 4 is 40.8 Å². The summed E-state index contributed by atoms with van der Waals surface area (Å²) >= 11 is 0. The number of nitro groups is 1. The Morgan fingerprint density at radius 1 is 0.711 bits per heavy atom. The second kappa shape index (κ2) is 9.87. The average molecular weight is 502 g/mol. The van der Waals surface area contributed by atoms with Gasteiger partial charge in [0.05, 0.1) is 21.7 Å². The maximum Gasteiger partial charge on any atom is 0.270 e. The molecule has 0 unspecified atom stereocenters. The van der Waals surface area contributed by atoms with Crippen molar-refractivity contribution in [1.29, 1.82) is 0 Å². The minimum atomic E-state index is -0.597. The van der Waals surface area contributed by atoms with Gasteiger partial charge in [-0.3, -0.25) is 29.3 Å². The van der Waals surface area contributed by atoms with Crippen LogP contribution in [0.1, 0.15) is 52.6 Å². The topological polar surface area (TPSA) is 115 Å². The Morgan fingerprint density at radius 3 is 2.16 bits per heavy atom. The molecule has 0 aromatic heterocycles. The Balaban J connectivity index is 1.41. The van der Waals surface area contributed by atoms with Crippen LogP contribution in [0.15, 0.2) is 103 Å². The lowest BCUT2D eigenvalue weighted by atomic mass is 9.99. The largest absolute Gasteiger partial charge is 0.289 e. The first-order valence-electron chi connectivity index (χ1n) is 11.5. The maximum absolute atomic E-state index is 13.3. The number of nitrogens with zero attached hydrogens (tertiary/aromatic N) is 2. The van der Waals surface area contributed by atoms with Crippen LogP contribution in [0, 0.1) is 10.1 Å². The van der Waals surface area contributed by atoms with Crippen LogP contribution >= 0.6 is 0 Å². The Kier molecular flexibility index (Phi) is 6.28. The zero-order valence-electron chi connectivity index (χ0n) is 19.7. The summed E-state index contributed by atoms with van der Waals surface area (Å²) in [5.74, 6) is -1.83. The molecule has 184 valence electrons. The Hall–Kier alpha value is -5.50. The van der Waals surface area contributed by atoms with E-state index in [1.807, 2.05) is 6.07 Å². The molecular weight excluding hydrogens is 484 g/mol. The summed E-state index contributed by atoms with van der Waals surface area (Å²) < 4.78 is 0. The van der Waals surface area contributed by atoms with Gasteiger partial charge >= 0.3 is 0 Å². The molecule has 2 amide bonds. The summed E-state index contributed by atoms with van der Waals surface area (Å²) in [4.78, 5) is 63.2. The minimum Gasteiger partial charge on any atom is -0.289 e. The fourth-order valence-corrected chi connectivity index (χ4v) is 4.18. The molecule has 4 aromatic rings. The lowest BCUT2D eigenvalue weighted by Crippen LogP contribution is -2.29. The Morgan fingerprint density at radius 2 is 1.39 bits per heavy atom. The van der Waals surface area contributed by atoms with Crippen molar-refractivity contribution in [3.63, 3.8) is 0 Å². The highest BCUT2D eigenvalue weighted by Gasteiger charge is 2.37. The van der Waals surface area contributed by atoms with Gasteiger partial charge in [0.15, 0.2) is 11.6 Å². The van der Waals surface area contributed by atoms with Crippen LogP contribution in [0.4, 0.5) is 11.4 Å². The monoisotopic (exact) mass is 502 g/mol. The second-order valence-corrected chi connectivity index (χ2v) is 8.50. The number of hydrogen-bond acceptors (Lipinski definition) is 6. The number of imide groups is 1. The Bertz CT molecular complexity index is 1670. The maximum atomic E-state index is 13.3. The van der Waals surface area contributed by atoms with Gasteiger partial charge in [-0.25, -0.2) is 4.90 Å². The van der Waals surface area contributed by atoms with E-state index in [0.29, 0.717) is 16.8 Å². The molecule has 0 saturated heterocycles. The van der Waals surface area contributed by atoms with E-state index < -0.39 is 22.5 Å². The number of ketones is 2. The van der Waals surface area contributed by atoms with Gasteiger partial charge in [-0.15, -0.1) is 0 Å². The van der Waals surface area contributed by atoms with E-state index in [2.05, 4.69) is 0 Å². The van der Waals surface area contributed by atoms with E-state index in [9.17, 15) is 29.3 Å². The van der Waals surface area contributed by atoms with Gasteiger partial charge < -0.3 is 0 Å². The van der Waals surface area contributed by atoms with Gasteiger partial charge in [-0.2, -0.15) is 0 Å². The van der Waals surface area contributed by atoms with Crippen molar-refractivity contribution in [3.8, 4) is 0 Å². The fraction of sp³-hybridized carbons (Fsp3) is 0. The number of carbonyl (C=O) groups excluding carboxylic acids is 4. The number of hydrogen-bond donors (Lipinski definition) is 0. The van der Waals surface area contributed by atoms with Crippen LogP contribution in [0.5, 0.6) is 0 Å². The number of rotatable bonds is 7. The summed E-state index contributed by atoms with van der Waals surface area (Å²) in [5.41, 5.74) is 1.67. The number of benzene rings is 4. The molecule has 38 heavy (non-hydrogen) atoms. The van der Waals surface area contributed by atoms with Crippen LogP contribution in [0.2, 0.25) is 0 Å². The molecule has 0 spiro atoms. The number of non-ortho nitro benzene ring substituents is 1. The van der Waals surface area contributed by atoms with Crippen LogP contribution in [0.25, 0.3) is 6.08 Å². The van der Waals surface area contributed by atoms with Gasteiger partial charge in [-0.1, -0.05) is 66.7 Å². The lowest BCUT2D eigenvalue weighted by molar-refractivity contribution is -0.384. The molecule has 0 saturated carbocycles. The zero-order chi connectivity index (χ0) is 26.8. The third-order valence-corrected chi connectivity index (χ3v) is 6.08. The number of carbonyl (C=O) groups is 4. The van der Waals surface area contributed by atoms with Crippen molar-refractivity contribution in [2.45, 2.75) is 0 Å². The predicted molar refractivity (Wildman–Crippen MR) is 140 cm³/mol. The van der Waals surface area contributed by atoms with E-state index in [1.165, 1.54) is 42.5 Å². The summed E-state index contributed by atoms with van der Waals surface area (Å²) in [5, 5.41) is 11.1. The van der Waals surface area contributed by atoms with Crippen LogP contribution < -0.4 is 4.90 Å². The molecule has 4 aromatic carbocycles. The molecule has 0 radical (unpaired) electrons. The summed E-state index contributed by atoms with van der Waals surface area (Å²) in [6, 6.07) is 24.9. The van der Waals surface area contributed by atoms with Gasteiger partial charge in [0.2, 0.25) is 0 Å². The molecule has 0 bridgehead atoms. The second-order valence-electron chi connectivity index (χ2n) is 8.50. The molecular formula is C30H18N2O6. The normalized spacial score (nSPS) is 12.6. The number of anilines is 1. The van der Waals surface area contributed by atoms with E-state index >= 15 is 0 Å². The molecule has 1 aliphatic heterocycles. The number of nitro benzene ring substituents is 1. The van der Waals surface area contributed by atoms with Gasteiger partial charge in [-0.05, 0) is 35.9 Å². The van der Waals surface area contributed by atoms with Crippen LogP contribution in [-0.2, 0) is 0 Å². The third-order valence-electron chi connectivity index (χ3n) is 6.08. The minimum absolute atomic E-state index is 0.0616. The highest BCUT2D eigenvalue weighted by Crippen LogP contribution is 2.30. The number of amides is 2. The summed E-state index contributed by atoms with van der Waals surface area (Å²) in [6.07, 6.45) is 3.02. The van der Waals surface area contributed by atoms with Gasteiger partial charge in [0, 0.05) is 28.8 Å². The van der Waals surface area contributed by atoms with Crippen LogP contribution in [0.3, 0.4) is 0 Å². The van der Waals surface area contributed by atoms with Crippen molar-refractivity contribution < 1.29 is 24.1 Å². The smallest absolute Gasteiger partial charge is 0.270 e. The fourth-order valence-electron chi connectivity index (χ4n) is 4.18. The Labute approximate surface area is 216 Å². The zero-order valence-corrected chi connectivity index (χ0v) is 19.7. The SMILES string of the molecule is O=C(/C=C/c1cccc(N2C(=O)c3ccc(C(=O)c4cccc([N+](=O)[O-])c4)cc3C2=O)c1)c1ccccc1. The first-order valence-corrected chi connectivity index (χ1v) is 11.5. The predicted octanol–water partition coefficient (Wildman–Crippen LogP) is 5.52. The third kappa shape index (κ3) is 4.54. The van der Waals surface area contributed by atoms with Crippen molar-refractivity contribution in [3.05, 3.63) is 147 Å². The van der Waals surface area contributed by atoms with Crippen molar-refractivity contribution in [2.75, 3.05) is 4.90 Å². The molecule has 8 heteroatoms. The lowest BCUT2D eigenvalue weighted by Gasteiger charge is -2.14.